The number of anilines is 1. The van der Waals surface area contributed by atoms with Gasteiger partial charge in [-0.2, -0.15) is 0 Å². The van der Waals surface area contributed by atoms with Crippen LogP contribution in [0.15, 0.2) is 28.7 Å². The molecule has 1 aromatic heterocycles. The summed E-state index contributed by atoms with van der Waals surface area (Å²) in [5, 5.41) is 3.53. The van der Waals surface area contributed by atoms with Crippen LogP contribution in [-0.4, -0.2) is 43.0 Å². The molecule has 0 unspecified atom stereocenters. The van der Waals surface area contributed by atoms with Crippen molar-refractivity contribution in [3.05, 3.63) is 30.0 Å². The number of carbonyl (C=O) groups is 2. The second-order valence-corrected chi connectivity index (χ2v) is 6.19. The van der Waals surface area contributed by atoms with Crippen LogP contribution in [0.25, 0.3) is 11.0 Å². The zero-order valence-corrected chi connectivity index (χ0v) is 14.5. The maximum atomic E-state index is 13.0. The highest BCUT2D eigenvalue weighted by molar-refractivity contribution is 6.11. The zero-order chi connectivity index (χ0) is 17.6. The van der Waals surface area contributed by atoms with Crippen molar-refractivity contribution in [3.63, 3.8) is 0 Å². The smallest absolute Gasteiger partial charge is 0.291 e. The number of amides is 2. The van der Waals surface area contributed by atoms with E-state index in [0.717, 1.165) is 44.2 Å². The van der Waals surface area contributed by atoms with E-state index in [0.29, 0.717) is 17.9 Å². The van der Waals surface area contributed by atoms with Gasteiger partial charge >= 0.3 is 0 Å². The van der Waals surface area contributed by atoms with Gasteiger partial charge in [0.1, 0.15) is 17.9 Å². The van der Waals surface area contributed by atoms with Crippen molar-refractivity contribution in [1.82, 2.24) is 4.90 Å². The molecule has 1 aromatic carbocycles. The van der Waals surface area contributed by atoms with Crippen molar-refractivity contribution in [2.45, 2.75) is 32.6 Å². The number of fused-ring (bicyclic) bond motifs is 1. The van der Waals surface area contributed by atoms with Gasteiger partial charge in [0, 0.05) is 25.1 Å². The molecule has 1 fully saturated rings. The van der Waals surface area contributed by atoms with E-state index in [4.69, 9.17) is 9.15 Å². The highest BCUT2D eigenvalue weighted by Crippen LogP contribution is 2.32. The summed E-state index contributed by atoms with van der Waals surface area (Å²) in [6.07, 6.45) is 4.28. The number of para-hydroxylation sites is 1. The van der Waals surface area contributed by atoms with Crippen LogP contribution >= 0.6 is 0 Å². The molecule has 2 aromatic rings. The maximum absolute atomic E-state index is 13.0. The normalized spacial score (nSPS) is 15.2. The SMILES string of the molecule is CCOCC(=O)Nc1c(C(=O)N2CCCCCC2)oc2ccccc12. The van der Waals surface area contributed by atoms with E-state index in [1.54, 1.807) is 6.07 Å². The van der Waals surface area contributed by atoms with Gasteiger partial charge in [-0.15, -0.1) is 0 Å². The van der Waals surface area contributed by atoms with E-state index < -0.39 is 0 Å². The largest absolute Gasteiger partial charge is 0.449 e. The summed E-state index contributed by atoms with van der Waals surface area (Å²) >= 11 is 0. The van der Waals surface area contributed by atoms with Gasteiger partial charge in [-0.3, -0.25) is 9.59 Å². The Labute approximate surface area is 147 Å². The molecule has 0 bridgehead atoms. The molecule has 2 amide bonds. The third-order valence-electron chi connectivity index (χ3n) is 4.38. The van der Waals surface area contributed by atoms with Crippen molar-refractivity contribution >= 4 is 28.5 Å². The van der Waals surface area contributed by atoms with E-state index in [1.165, 1.54) is 0 Å². The lowest BCUT2D eigenvalue weighted by molar-refractivity contribution is -0.120. The molecule has 1 aliphatic heterocycles. The number of hydrogen-bond donors (Lipinski definition) is 1. The number of ether oxygens (including phenoxy) is 1. The van der Waals surface area contributed by atoms with Crippen molar-refractivity contribution in [1.29, 1.82) is 0 Å². The van der Waals surface area contributed by atoms with Crippen molar-refractivity contribution in [2.75, 3.05) is 31.6 Å². The van der Waals surface area contributed by atoms with E-state index in [9.17, 15) is 9.59 Å². The van der Waals surface area contributed by atoms with Crippen LogP contribution < -0.4 is 5.32 Å². The van der Waals surface area contributed by atoms with Crippen molar-refractivity contribution in [2.24, 2.45) is 0 Å². The Morgan fingerprint density at radius 1 is 1.16 bits per heavy atom. The van der Waals surface area contributed by atoms with E-state index >= 15 is 0 Å². The minimum absolute atomic E-state index is 0.0483. The Morgan fingerprint density at radius 3 is 2.60 bits per heavy atom. The summed E-state index contributed by atoms with van der Waals surface area (Å²) in [6.45, 7) is 3.69. The van der Waals surface area contributed by atoms with Crippen LogP contribution in [0.3, 0.4) is 0 Å². The average molecular weight is 344 g/mol. The molecule has 25 heavy (non-hydrogen) atoms. The molecule has 1 aliphatic rings. The molecule has 6 nitrogen and oxygen atoms in total. The molecular formula is C19H24N2O4. The number of furan rings is 1. The van der Waals surface area contributed by atoms with Crippen LogP contribution in [0.1, 0.15) is 43.2 Å². The van der Waals surface area contributed by atoms with E-state index in [2.05, 4.69) is 5.32 Å². The predicted octanol–water partition coefficient (Wildman–Crippen LogP) is 3.42. The molecule has 1 saturated heterocycles. The molecule has 2 heterocycles. The first-order valence-corrected chi connectivity index (χ1v) is 8.89. The Morgan fingerprint density at radius 2 is 1.88 bits per heavy atom. The third-order valence-corrected chi connectivity index (χ3v) is 4.38. The topological polar surface area (TPSA) is 71.8 Å². The van der Waals surface area contributed by atoms with Crippen molar-refractivity contribution < 1.29 is 18.7 Å². The Hall–Kier alpha value is -2.34. The van der Waals surface area contributed by atoms with Gasteiger partial charge in [0.15, 0.2) is 0 Å². The molecule has 0 radical (unpaired) electrons. The fourth-order valence-electron chi connectivity index (χ4n) is 3.11. The number of rotatable bonds is 5. The number of benzene rings is 1. The predicted molar refractivity (Wildman–Crippen MR) is 95.7 cm³/mol. The van der Waals surface area contributed by atoms with Gasteiger partial charge in [-0.25, -0.2) is 0 Å². The maximum Gasteiger partial charge on any atom is 0.291 e. The number of likely N-dealkylation sites (tertiary alicyclic amines) is 1. The van der Waals surface area contributed by atoms with Crippen LogP contribution in [-0.2, 0) is 9.53 Å². The summed E-state index contributed by atoms with van der Waals surface area (Å²) in [7, 11) is 0. The van der Waals surface area contributed by atoms with Crippen molar-refractivity contribution in [3.8, 4) is 0 Å². The summed E-state index contributed by atoms with van der Waals surface area (Å²) in [5.41, 5.74) is 1.03. The molecule has 1 N–H and O–H groups in total. The minimum Gasteiger partial charge on any atom is -0.449 e. The Balaban J connectivity index is 1.91. The summed E-state index contributed by atoms with van der Waals surface area (Å²) in [6, 6.07) is 7.34. The average Bonchev–Trinajstić information content (AvgIpc) is 2.81. The quantitative estimate of drug-likeness (QED) is 0.902. The fraction of sp³-hybridized carbons (Fsp3) is 0.474. The van der Waals surface area contributed by atoms with Gasteiger partial charge in [-0.05, 0) is 31.9 Å². The van der Waals surface area contributed by atoms with E-state index in [1.807, 2.05) is 30.0 Å². The Kier molecular flexibility index (Phi) is 5.71. The summed E-state index contributed by atoms with van der Waals surface area (Å²) in [5.74, 6) is -0.254. The van der Waals surface area contributed by atoms with E-state index in [-0.39, 0.29) is 24.2 Å². The van der Waals surface area contributed by atoms with Crippen LogP contribution in [0, 0.1) is 0 Å². The summed E-state index contributed by atoms with van der Waals surface area (Å²) in [4.78, 5) is 26.9. The number of carbonyl (C=O) groups excluding carboxylic acids is 2. The summed E-state index contributed by atoms with van der Waals surface area (Å²) < 4.78 is 11.0. The number of nitrogens with one attached hydrogen (secondary N) is 1. The lowest BCUT2D eigenvalue weighted by Gasteiger charge is -2.19. The highest BCUT2D eigenvalue weighted by atomic mass is 16.5. The monoisotopic (exact) mass is 344 g/mol. The van der Waals surface area contributed by atoms with Crippen LogP contribution in [0.2, 0.25) is 0 Å². The van der Waals surface area contributed by atoms with Gasteiger partial charge < -0.3 is 19.4 Å². The number of nitrogens with zero attached hydrogens (tertiary/aromatic N) is 1. The van der Waals surface area contributed by atoms with Gasteiger partial charge in [0.25, 0.3) is 5.91 Å². The van der Waals surface area contributed by atoms with Gasteiger partial charge in [-0.1, -0.05) is 25.0 Å². The van der Waals surface area contributed by atoms with Crippen LogP contribution in [0.5, 0.6) is 0 Å². The van der Waals surface area contributed by atoms with Gasteiger partial charge in [0.05, 0.1) is 0 Å². The molecule has 0 atom stereocenters. The third kappa shape index (κ3) is 4.02. The lowest BCUT2D eigenvalue weighted by atomic mass is 10.2. The zero-order valence-electron chi connectivity index (χ0n) is 14.5. The second kappa shape index (κ2) is 8.16. The minimum atomic E-state index is -0.293. The number of hydrogen-bond acceptors (Lipinski definition) is 4. The van der Waals surface area contributed by atoms with Gasteiger partial charge in [0.2, 0.25) is 11.7 Å². The molecular weight excluding hydrogens is 320 g/mol. The molecule has 6 heteroatoms. The molecule has 134 valence electrons. The first-order valence-electron chi connectivity index (χ1n) is 8.89. The first kappa shape index (κ1) is 17.5. The van der Waals surface area contributed by atoms with Crippen LogP contribution in [0.4, 0.5) is 5.69 Å². The lowest BCUT2D eigenvalue weighted by Crippen LogP contribution is -2.32. The molecule has 0 aliphatic carbocycles. The molecule has 0 saturated carbocycles. The molecule has 3 rings (SSSR count). The molecule has 0 spiro atoms. The first-order chi connectivity index (χ1) is 12.2. The standard InChI is InChI=1S/C19H24N2O4/c1-2-24-13-16(22)20-17-14-9-5-6-10-15(14)25-18(17)19(23)21-11-7-3-4-8-12-21/h5-6,9-10H,2-4,7-8,11-13H2,1H3,(H,20,22). The Bertz CT molecular complexity index is 745. The highest BCUT2D eigenvalue weighted by Gasteiger charge is 2.26. The fourth-order valence-corrected chi connectivity index (χ4v) is 3.11. The second-order valence-electron chi connectivity index (χ2n) is 6.19.